The number of likely N-dealkylation sites (tertiary alicyclic amines) is 1. The average Bonchev–Trinajstić information content (AvgIpc) is 3.01. The van der Waals surface area contributed by atoms with Crippen molar-refractivity contribution in [1.29, 1.82) is 0 Å². The van der Waals surface area contributed by atoms with Crippen LogP contribution in [0.3, 0.4) is 0 Å². The molecule has 0 radical (unpaired) electrons. The van der Waals surface area contributed by atoms with Crippen LogP contribution in [0, 0.1) is 0 Å². The quantitative estimate of drug-likeness (QED) is 0.879. The highest BCUT2D eigenvalue weighted by Crippen LogP contribution is 2.38. The lowest BCUT2D eigenvalue weighted by Crippen LogP contribution is -2.58. The number of nitrogens with one attached hydrogen (secondary N) is 1. The van der Waals surface area contributed by atoms with Crippen LogP contribution >= 0.6 is 0 Å². The number of halogens is 3. The summed E-state index contributed by atoms with van der Waals surface area (Å²) in [6.07, 6.45) is -4.67. The minimum Gasteiger partial charge on any atom is -0.454 e. The lowest BCUT2D eigenvalue weighted by molar-refractivity contribution is -0.184. The first-order valence-electron chi connectivity index (χ1n) is 7.80. The van der Waals surface area contributed by atoms with E-state index in [1.165, 1.54) is 19.1 Å². The monoisotopic (exact) mass is 358 g/mol. The number of carbonyl (C=O) groups excluding carboxylic acids is 2. The van der Waals surface area contributed by atoms with E-state index in [1.54, 1.807) is 6.07 Å². The Bertz CT molecular complexity index is 692. The van der Waals surface area contributed by atoms with Gasteiger partial charge < -0.3 is 19.7 Å². The van der Waals surface area contributed by atoms with E-state index >= 15 is 0 Å². The third kappa shape index (κ3) is 3.49. The van der Waals surface area contributed by atoms with E-state index in [0.717, 1.165) is 4.90 Å². The fourth-order valence-electron chi connectivity index (χ4n) is 3.19. The van der Waals surface area contributed by atoms with Gasteiger partial charge in [0.1, 0.15) is 6.04 Å². The van der Waals surface area contributed by atoms with Crippen LogP contribution in [0.25, 0.3) is 0 Å². The van der Waals surface area contributed by atoms with Gasteiger partial charge in [0.05, 0.1) is 5.56 Å². The summed E-state index contributed by atoms with van der Waals surface area (Å²) < 4.78 is 50.6. The van der Waals surface area contributed by atoms with E-state index in [0.29, 0.717) is 5.75 Å². The van der Waals surface area contributed by atoms with Crippen molar-refractivity contribution in [2.24, 2.45) is 0 Å². The molecule has 1 aromatic carbocycles. The minimum absolute atomic E-state index is 0.0210. The molecule has 3 rings (SSSR count). The summed E-state index contributed by atoms with van der Waals surface area (Å²) in [5.41, 5.74) is 0.0210. The van der Waals surface area contributed by atoms with Gasteiger partial charge in [-0.1, -0.05) is 6.07 Å². The lowest BCUT2D eigenvalue weighted by atomic mass is 9.96. The third-order valence-electron chi connectivity index (χ3n) is 4.25. The average molecular weight is 358 g/mol. The summed E-state index contributed by atoms with van der Waals surface area (Å²) in [5, 5.41) is 2.59. The summed E-state index contributed by atoms with van der Waals surface area (Å²) in [5.74, 6) is -0.667. The fourth-order valence-corrected chi connectivity index (χ4v) is 3.19. The predicted octanol–water partition coefficient (Wildman–Crippen LogP) is 2.09. The van der Waals surface area contributed by atoms with Gasteiger partial charge in [0.15, 0.2) is 11.5 Å². The van der Waals surface area contributed by atoms with Crippen molar-refractivity contribution in [2.75, 3.05) is 13.3 Å². The van der Waals surface area contributed by atoms with E-state index in [2.05, 4.69) is 5.32 Å². The predicted molar refractivity (Wildman–Crippen MR) is 80.3 cm³/mol. The van der Waals surface area contributed by atoms with E-state index in [4.69, 9.17) is 9.47 Å². The van der Waals surface area contributed by atoms with Gasteiger partial charge in [0.2, 0.25) is 12.7 Å². The Morgan fingerprint density at radius 3 is 2.68 bits per heavy atom. The van der Waals surface area contributed by atoms with Crippen molar-refractivity contribution >= 4 is 11.8 Å². The number of fused-ring (bicyclic) bond motifs is 1. The number of hydrogen-bond acceptors (Lipinski definition) is 4. The molecule has 25 heavy (non-hydrogen) atoms. The highest BCUT2D eigenvalue weighted by atomic mass is 19.4. The minimum atomic E-state index is -4.55. The summed E-state index contributed by atoms with van der Waals surface area (Å²) in [6.45, 7) is 0.987. The number of alkyl halides is 3. The maximum absolute atomic E-state index is 13.4. The maximum atomic E-state index is 13.4. The topological polar surface area (TPSA) is 67.9 Å². The Labute approximate surface area is 141 Å². The molecule has 1 saturated heterocycles. The Morgan fingerprint density at radius 2 is 2.00 bits per heavy atom. The van der Waals surface area contributed by atoms with Crippen molar-refractivity contribution < 1.29 is 32.2 Å². The first-order valence-corrected chi connectivity index (χ1v) is 7.80. The van der Waals surface area contributed by atoms with E-state index < -0.39 is 24.2 Å². The number of hydrogen-bond donors (Lipinski definition) is 1. The van der Waals surface area contributed by atoms with Crippen LogP contribution in [-0.2, 0) is 4.79 Å². The van der Waals surface area contributed by atoms with E-state index in [-0.39, 0.29) is 43.4 Å². The van der Waals surface area contributed by atoms with Gasteiger partial charge >= 0.3 is 6.18 Å². The van der Waals surface area contributed by atoms with Crippen LogP contribution in [0.4, 0.5) is 13.2 Å². The van der Waals surface area contributed by atoms with Crippen LogP contribution in [0.5, 0.6) is 11.5 Å². The van der Waals surface area contributed by atoms with Crippen LogP contribution in [0.2, 0.25) is 0 Å². The zero-order chi connectivity index (χ0) is 18.2. The van der Waals surface area contributed by atoms with Crippen LogP contribution < -0.4 is 14.8 Å². The second-order valence-corrected chi connectivity index (χ2v) is 6.03. The van der Waals surface area contributed by atoms with E-state index in [1.807, 2.05) is 0 Å². The van der Waals surface area contributed by atoms with Crippen molar-refractivity contribution in [3.05, 3.63) is 23.8 Å². The molecule has 1 aromatic rings. The molecule has 1 fully saturated rings. The highest BCUT2D eigenvalue weighted by molar-refractivity contribution is 5.98. The van der Waals surface area contributed by atoms with Crippen LogP contribution in [0.15, 0.2) is 18.2 Å². The van der Waals surface area contributed by atoms with Gasteiger partial charge in [-0.15, -0.1) is 0 Å². The molecule has 1 N–H and O–H groups in total. The molecule has 9 heteroatoms. The first kappa shape index (κ1) is 17.4. The maximum Gasteiger partial charge on any atom is 0.408 e. The molecular formula is C16H17F3N2O4. The molecule has 0 aliphatic carbocycles. The van der Waals surface area contributed by atoms with Crippen LogP contribution in [-0.4, -0.2) is 48.3 Å². The number of rotatable bonds is 2. The number of benzene rings is 1. The van der Waals surface area contributed by atoms with Crippen molar-refractivity contribution in [3.63, 3.8) is 0 Å². The summed E-state index contributed by atoms with van der Waals surface area (Å²) in [6, 6.07) is 2.10. The van der Waals surface area contributed by atoms with Gasteiger partial charge in [-0.05, 0) is 25.0 Å². The third-order valence-corrected chi connectivity index (χ3v) is 4.25. The van der Waals surface area contributed by atoms with Gasteiger partial charge in [-0.2, -0.15) is 13.2 Å². The Morgan fingerprint density at radius 1 is 1.24 bits per heavy atom. The van der Waals surface area contributed by atoms with Crippen molar-refractivity contribution in [3.8, 4) is 11.5 Å². The molecule has 0 unspecified atom stereocenters. The molecule has 0 bridgehead atoms. The SMILES string of the molecule is CC(=O)N[C@@H]1CC[C@H](C(F)(F)F)N(C(=O)c2cccc3c2OCO3)C1. The molecule has 0 saturated carbocycles. The number of amides is 2. The van der Waals surface area contributed by atoms with Crippen LogP contribution in [0.1, 0.15) is 30.1 Å². The molecule has 2 heterocycles. The lowest BCUT2D eigenvalue weighted by Gasteiger charge is -2.40. The Kier molecular flexibility index (Phi) is 4.49. The van der Waals surface area contributed by atoms with E-state index in [9.17, 15) is 22.8 Å². The second-order valence-electron chi connectivity index (χ2n) is 6.03. The summed E-state index contributed by atoms with van der Waals surface area (Å²) in [7, 11) is 0. The fraction of sp³-hybridized carbons (Fsp3) is 0.500. The summed E-state index contributed by atoms with van der Waals surface area (Å²) in [4.78, 5) is 24.8. The number of carbonyl (C=O) groups is 2. The number of piperidine rings is 1. The van der Waals surface area contributed by atoms with Crippen molar-refractivity contribution in [1.82, 2.24) is 10.2 Å². The Hall–Kier alpha value is -2.45. The molecule has 2 amide bonds. The number of ether oxygens (including phenoxy) is 2. The standard InChI is InChI=1S/C16H17F3N2O4/c1-9(22)20-10-5-6-13(16(17,18)19)21(7-10)15(23)11-3-2-4-12-14(11)25-8-24-12/h2-4,10,13H,5-8H2,1H3,(H,20,22)/t10-,13-/m1/s1. The molecule has 0 aromatic heterocycles. The molecule has 136 valence electrons. The van der Waals surface area contributed by atoms with Gasteiger partial charge in [-0.3, -0.25) is 9.59 Å². The normalized spacial score (nSPS) is 22.6. The zero-order valence-corrected chi connectivity index (χ0v) is 13.4. The molecule has 2 atom stereocenters. The highest BCUT2D eigenvalue weighted by Gasteiger charge is 2.48. The number of nitrogens with zero attached hydrogens (tertiary/aromatic N) is 1. The summed E-state index contributed by atoms with van der Waals surface area (Å²) >= 11 is 0. The molecule has 2 aliphatic rings. The molecule has 0 spiro atoms. The zero-order valence-electron chi connectivity index (χ0n) is 13.4. The molecule has 2 aliphatic heterocycles. The number of para-hydroxylation sites is 1. The largest absolute Gasteiger partial charge is 0.454 e. The van der Waals surface area contributed by atoms with Crippen molar-refractivity contribution in [2.45, 2.75) is 38.0 Å². The first-order chi connectivity index (χ1) is 11.8. The second kappa shape index (κ2) is 6.45. The smallest absolute Gasteiger partial charge is 0.408 e. The van der Waals surface area contributed by atoms with Gasteiger partial charge in [-0.25, -0.2) is 0 Å². The van der Waals surface area contributed by atoms with Gasteiger partial charge in [0.25, 0.3) is 5.91 Å². The molecule has 6 nitrogen and oxygen atoms in total. The Balaban J connectivity index is 1.90. The van der Waals surface area contributed by atoms with Gasteiger partial charge in [0, 0.05) is 19.5 Å². The molecular weight excluding hydrogens is 341 g/mol.